The van der Waals surface area contributed by atoms with Gasteiger partial charge in [-0.15, -0.1) is 0 Å². The van der Waals surface area contributed by atoms with Gasteiger partial charge in [0.1, 0.15) is 5.75 Å². The molecule has 0 amide bonds. The molecular weight excluding hydrogens is 211 g/mol. The van der Waals surface area contributed by atoms with E-state index in [-0.39, 0.29) is 6.42 Å². The van der Waals surface area contributed by atoms with Crippen molar-refractivity contribution in [3.63, 3.8) is 0 Å². The number of hydrogen-bond acceptors (Lipinski definition) is 2. The summed E-state index contributed by atoms with van der Waals surface area (Å²) >= 11 is 11.1. The van der Waals surface area contributed by atoms with Crippen molar-refractivity contribution in [3.05, 3.63) is 28.8 Å². The second-order valence-corrected chi connectivity index (χ2v) is 3.28. The number of benzene rings is 1. The fourth-order valence-corrected chi connectivity index (χ4v) is 1.41. The lowest BCUT2D eigenvalue weighted by atomic mass is 10.1. The first-order valence-corrected chi connectivity index (χ1v) is 4.40. The summed E-state index contributed by atoms with van der Waals surface area (Å²) < 4.78 is 5.03. The second-order valence-electron chi connectivity index (χ2n) is 2.45. The smallest absolute Gasteiger partial charge is 0.226 e. The van der Waals surface area contributed by atoms with E-state index < -0.39 is 5.24 Å². The maximum atomic E-state index is 10.7. The summed E-state index contributed by atoms with van der Waals surface area (Å²) in [7, 11) is 1.52. The van der Waals surface area contributed by atoms with Gasteiger partial charge < -0.3 is 4.74 Å². The Hall–Kier alpha value is -0.730. The molecule has 70 valence electrons. The molecule has 13 heavy (non-hydrogen) atoms. The fourth-order valence-electron chi connectivity index (χ4n) is 1.04. The Morgan fingerprint density at radius 3 is 2.77 bits per heavy atom. The standard InChI is InChI=1S/C9H8Cl2O2/c1-13-8-4-2-3-7(10)6(8)5-9(11)12/h2-4H,5H2,1H3. The van der Waals surface area contributed by atoms with Crippen LogP contribution in [-0.4, -0.2) is 12.4 Å². The Morgan fingerprint density at radius 1 is 1.54 bits per heavy atom. The van der Waals surface area contributed by atoms with Crippen LogP contribution < -0.4 is 4.74 Å². The van der Waals surface area contributed by atoms with Crippen LogP contribution in [0, 0.1) is 0 Å². The average Bonchev–Trinajstić information content (AvgIpc) is 2.08. The molecule has 0 aliphatic carbocycles. The van der Waals surface area contributed by atoms with E-state index in [9.17, 15) is 4.79 Å². The van der Waals surface area contributed by atoms with Gasteiger partial charge >= 0.3 is 0 Å². The van der Waals surface area contributed by atoms with Crippen LogP contribution in [0.2, 0.25) is 5.02 Å². The first kappa shape index (κ1) is 10.4. The predicted octanol–water partition coefficient (Wildman–Crippen LogP) is 2.66. The number of halogens is 2. The van der Waals surface area contributed by atoms with Crippen LogP contribution in [0.4, 0.5) is 0 Å². The van der Waals surface area contributed by atoms with Crippen LogP contribution >= 0.6 is 23.2 Å². The fraction of sp³-hybridized carbons (Fsp3) is 0.222. The van der Waals surface area contributed by atoms with Gasteiger partial charge in [0.15, 0.2) is 0 Å². The summed E-state index contributed by atoms with van der Waals surface area (Å²) in [6.45, 7) is 0. The van der Waals surface area contributed by atoms with Crippen molar-refractivity contribution in [1.82, 2.24) is 0 Å². The van der Waals surface area contributed by atoms with Crippen LogP contribution in [0.25, 0.3) is 0 Å². The molecule has 0 saturated heterocycles. The van der Waals surface area contributed by atoms with Crippen molar-refractivity contribution < 1.29 is 9.53 Å². The van der Waals surface area contributed by atoms with Gasteiger partial charge in [0.05, 0.1) is 13.5 Å². The molecule has 0 aliphatic rings. The molecule has 0 aromatic heterocycles. The van der Waals surface area contributed by atoms with Gasteiger partial charge in [-0.25, -0.2) is 0 Å². The highest BCUT2D eigenvalue weighted by molar-refractivity contribution is 6.63. The van der Waals surface area contributed by atoms with Crippen molar-refractivity contribution in [2.75, 3.05) is 7.11 Å². The Morgan fingerprint density at radius 2 is 2.23 bits per heavy atom. The van der Waals surface area contributed by atoms with Gasteiger partial charge in [0.2, 0.25) is 5.24 Å². The molecule has 0 bridgehead atoms. The highest BCUT2D eigenvalue weighted by Crippen LogP contribution is 2.26. The third-order valence-corrected chi connectivity index (χ3v) is 2.10. The van der Waals surface area contributed by atoms with Crippen molar-refractivity contribution in [1.29, 1.82) is 0 Å². The number of hydrogen-bond donors (Lipinski definition) is 0. The maximum absolute atomic E-state index is 10.7. The summed E-state index contributed by atoms with van der Waals surface area (Å²) in [6.07, 6.45) is 0.0877. The van der Waals surface area contributed by atoms with Crippen LogP contribution in [0.15, 0.2) is 18.2 Å². The zero-order chi connectivity index (χ0) is 9.84. The lowest BCUT2D eigenvalue weighted by Gasteiger charge is -2.07. The number of carbonyl (C=O) groups excluding carboxylic acids is 1. The molecule has 0 heterocycles. The van der Waals surface area contributed by atoms with E-state index in [0.717, 1.165) is 0 Å². The SMILES string of the molecule is COc1cccc(Cl)c1CC(=O)Cl. The molecule has 0 spiro atoms. The first-order valence-electron chi connectivity index (χ1n) is 3.65. The zero-order valence-electron chi connectivity index (χ0n) is 7.01. The molecule has 0 aliphatic heterocycles. The Bertz CT molecular complexity index is 323. The highest BCUT2D eigenvalue weighted by Gasteiger charge is 2.10. The summed E-state index contributed by atoms with van der Waals surface area (Å²) in [6, 6.07) is 5.18. The van der Waals surface area contributed by atoms with Gasteiger partial charge in [-0.1, -0.05) is 17.7 Å². The van der Waals surface area contributed by atoms with Crippen LogP contribution in [0.5, 0.6) is 5.75 Å². The molecule has 0 saturated carbocycles. The molecule has 1 rings (SSSR count). The van der Waals surface area contributed by atoms with Crippen LogP contribution in [0.3, 0.4) is 0 Å². The third kappa shape index (κ3) is 2.61. The van der Waals surface area contributed by atoms with Gasteiger partial charge in [-0.05, 0) is 23.7 Å². The van der Waals surface area contributed by atoms with Gasteiger partial charge in [-0.2, -0.15) is 0 Å². The third-order valence-electron chi connectivity index (χ3n) is 1.61. The monoisotopic (exact) mass is 218 g/mol. The molecule has 4 heteroatoms. The summed E-state index contributed by atoms with van der Waals surface area (Å²) in [4.78, 5) is 10.7. The number of carbonyl (C=O) groups is 1. The lowest BCUT2D eigenvalue weighted by molar-refractivity contribution is -0.111. The van der Waals surface area contributed by atoms with E-state index in [1.807, 2.05) is 0 Å². The Balaban J connectivity index is 3.07. The first-order chi connectivity index (χ1) is 6.15. The minimum Gasteiger partial charge on any atom is -0.496 e. The van der Waals surface area contributed by atoms with Crippen molar-refractivity contribution in [3.8, 4) is 5.75 Å². The van der Waals surface area contributed by atoms with E-state index >= 15 is 0 Å². The molecule has 1 aromatic carbocycles. The highest BCUT2D eigenvalue weighted by atomic mass is 35.5. The summed E-state index contributed by atoms with van der Waals surface area (Å²) in [5.41, 5.74) is 0.631. The Labute approximate surface area is 86.4 Å². The number of ether oxygens (including phenoxy) is 1. The van der Waals surface area contributed by atoms with E-state index in [2.05, 4.69) is 0 Å². The minimum atomic E-state index is -0.452. The molecule has 0 N–H and O–H groups in total. The Kier molecular flexibility index (Phi) is 3.58. The second kappa shape index (κ2) is 4.49. The molecular formula is C9H8Cl2O2. The van der Waals surface area contributed by atoms with Crippen LogP contribution in [0.1, 0.15) is 5.56 Å². The van der Waals surface area contributed by atoms with E-state index in [4.69, 9.17) is 27.9 Å². The largest absolute Gasteiger partial charge is 0.496 e. The topological polar surface area (TPSA) is 26.3 Å². The lowest BCUT2D eigenvalue weighted by Crippen LogP contribution is -1.98. The predicted molar refractivity (Wildman–Crippen MR) is 52.6 cm³/mol. The summed E-state index contributed by atoms with van der Waals surface area (Å²) in [5.74, 6) is 0.585. The quantitative estimate of drug-likeness (QED) is 0.730. The molecule has 0 unspecified atom stereocenters. The molecule has 2 nitrogen and oxygen atoms in total. The van der Waals surface area contributed by atoms with Crippen molar-refractivity contribution in [2.24, 2.45) is 0 Å². The van der Waals surface area contributed by atoms with E-state index in [1.165, 1.54) is 7.11 Å². The van der Waals surface area contributed by atoms with Gasteiger partial charge in [0, 0.05) is 10.6 Å². The number of methoxy groups -OCH3 is 1. The molecule has 0 radical (unpaired) electrons. The number of rotatable bonds is 3. The minimum absolute atomic E-state index is 0.0877. The zero-order valence-corrected chi connectivity index (χ0v) is 8.52. The van der Waals surface area contributed by atoms with Crippen molar-refractivity contribution in [2.45, 2.75) is 6.42 Å². The van der Waals surface area contributed by atoms with Gasteiger partial charge in [-0.3, -0.25) is 4.79 Å². The van der Waals surface area contributed by atoms with Gasteiger partial charge in [0.25, 0.3) is 0 Å². The average molecular weight is 219 g/mol. The van der Waals surface area contributed by atoms with E-state index in [0.29, 0.717) is 16.3 Å². The van der Waals surface area contributed by atoms with E-state index in [1.54, 1.807) is 18.2 Å². The molecule has 0 atom stereocenters. The maximum Gasteiger partial charge on any atom is 0.226 e. The normalized spacial score (nSPS) is 9.77. The molecule has 0 fully saturated rings. The molecule has 1 aromatic rings. The van der Waals surface area contributed by atoms with Crippen LogP contribution in [-0.2, 0) is 11.2 Å². The summed E-state index contributed by atoms with van der Waals surface area (Å²) in [5, 5.41) is 0.0414. The van der Waals surface area contributed by atoms with Crippen molar-refractivity contribution >= 4 is 28.4 Å².